The predicted octanol–water partition coefficient (Wildman–Crippen LogP) is 2.80. The highest BCUT2D eigenvalue weighted by Crippen LogP contribution is 2.34. The van der Waals surface area contributed by atoms with E-state index in [1.54, 1.807) is 6.20 Å². The molecular weight excluding hydrogens is 236 g/mol. The zero-order valence-electron chi connectivity index (χ0n) is 9.34. The second-order valence-electron chi connectivity index (χ2n) is 4.18. The highest BCUT2D eigenvalue weighted by molar-refractivity contribution is 6.16. The lowest BCUT2D eigenvalue weighted by Crippen LogP contribution is -2.12. The van der Waals surface area contributed by atoms with Crippen molar-refractivity contribution < 1.29 is 4.74 Å². The molecule has 0 spiro atoms. The third-order valence-electron chi connectivity index (χ3n) is 3.14. The zero-order chi connectivity index (χ0) is 11.7. The predicted molar refractivity (Wildman–Crippen MR) is 66.5 cm³/mol. The van der Waals surface area contributed by atoms with Gasteiger partial charge in [0.15, 0.2) is 0 Å². The summed E-state index contributed by atoms with van der Waals surface area (Å²) in [6.07, 6.45) is 3.76. The summed E-state index contributed by atoms with van der Waals surface area (Å²) < 4.78 is 7.77. The number of hydrogen-bond donors (Lipinski definition) is 0. The van der Waals surface area contributed by atoms with Crippen LogP contribution in [0.5, 0.6) is 5.75 Å². The van der Waals surface area contributed by atoms with Crippen LogP contribution in [0.15, 0.2) is 36.7 Å². The van der Waals surface area contributed by atoms with Crippen molar-refractivity contribution in [2.45, 2.75) is 18.3 Å². The van der Waals surface area contributed by atoms with E-state index in [1.807, 2.05) is 18.3 Å². The molecule has 0 bridgehead atoms. The van der Waals surface area contributed by atoms with Gasteiger partial charge in [0.2, 0.25) is 0 Å². The zero-order valence-corrected chi connectivity index (χ0v) is 10.1. The number of fused-ring (bicyclic) bond motifs is 1. The van der Waals surface area contributed by atoms with Crippen LogP contribution in [0.3, 0.4) is 0 Å². The molecule has 0 aliphatic carbocycles. The van der Waals surface area contributed by atoms with Crippen molar-refractivity contribution in [3.63, 3.8) is 0 Å². The average Bonchev–Trinajstić information content (AvgIpc) is 2.97. The third kappa shape index (κ3) is 1.91. The molecule has 1 aromatic carbocycles. The van der Waals surface area contributed by atoms with Crippen LogP contribution in [0.25, 0.3) is 0 Å². The van der Waals surface area contributed by atoms with Crippen molar-refractivity contribution in [2.24, 2.45) is 0 Å². The van der Waals surface area contributed by atoms with Gasteiger partial charge in [-0.1, -0.05) is 18.2 Å². The van der Waals surface area contributed by atoms with Gasteiger partial charge in [0, 0.05) is 30.4 Å². The van der Waals surface area contributed by atoms with Crippen molar-refractivity contribution >= 4 is 11.6 Å². The van der Waals surface area contributed by atoms with Crippen molar-refractivity contribution in [3.05, 3.63) is 48.0 Å². The maximum atomic E-state index is 5.84. The Hall–Kier alpha value is -1.48. The van der Waals surface area contributed by atoms with Crippen molar-refractivity contribution in [1.29, 1.82) is 0 Å². The molecule has 3 rings (SSSR count). The molecule has 0 N–H and O–H groups in total. The van der Waals surface area contributed by atoms with Crippen LogP contribution in [-0.2, 0) is 12.4 Å². The van der Waals surface area contributed by atoms with Crippen LogP contribution < -0.4 is 4.74 Å². The van der Waals surface area contributed by atoms with Crippen molar-refractivity contribution in [1.82, 2.24) is 9.55 Å². The van der Waals surface area contributed by atoms with Crippen LogP contribution in [0.4, 0.5) is 0 Å². The summed E-state index contributed by atoms with van der Waals surface area (Å²) in [5, 5.41) is 0. The van der Waals surface area contributed by atoms with Gasteiger partial charge in [-0.3, -0.25) is 0 Å². The highest BCUT2D eigenvalue weighted by Gasteiger charge is 2.24. The number of nitrogens with zero attached hydrogens (tertiary/aromatic N) is 2. The number of hydrogen-bond acceptors (Lipinski definition) is 2. The molecular formula is C13H13ClN2O. The molecule has 4 heteroatoms. The molecule has 0 saturated heterocycles. The molecule has 1 unspecified atom stereocenters. The van der Waals surface area contributed by atoms with Gasteiger partial charge in [0.05, 0.1) is 12.5 Å². The molecule has 0 fully saturated rings. The molecule has 17 heavy (non-hydrogen) atoms. The molecule has 2 aromatic rings. The fourth-order valence-electron chi connectivity index (χ4n) is 2.26. The Kier molecular flexibility index (Phi) is 2.77. The smallest absolute Gasteiger partial charge is 0.123 e. The molecule has 1 aliphatic heterocycles. The normalized spacial score (nSPS) is 17.8. The van der Waals surface area contributed by atoms with E-state index in [9.17, 15) is 0 Å². The number of halogens is 1. The topological polar surface area (TPSA) is 27.1 Å². The second-order valence-corrected chi connectivity index (χ2v) is 4.44. The van der Waals surface area contributed by atoms with Crippen molar-refractivity contribution in [3.8, 4) is 5.75 Å². The Bertz CT molecular complexity index is 524. The van der Waals surface area contributed by atoms with Gasteiger partial charge < -0.3 is 9.30 Å². The number of rotatable bonds is 3. The molecule has 1 atom stereocenters. The van der Waals surface area contributed by atoms with E-state index in [0.29, 0.717) is 11.8 Å². The van der Waals surface area contributed by atoms with Crippen LogP contribution >= 0.6 is 11.6 Å². The quantitative estimate of drug-likeness (QED) is 0.781. The van der Waals surface area contributed by atoms with Gasteiger partial charge in [-0.15, -0.1) is 11.6 Å². The van der Waals surface area contributed by atoms with E-state index in [4.69, 9.17) is 16.3 Å². The van der Waals surface area contributed by atoms with E-state index in [2.05, 4.69) is 21.7 Å². The largest absolute Gasteiger partial charge is 0.493 e. The standard InChI is InChI=1S/C13H13ClN2O/c14-7-13-15-5-6-16(13)8-10-9-17-12-4-2-1-3-11(10)12/h1-6,10H,7-9H2. The monoisotopic (exact) mass is 248 g/mol. The van der Waals surface area contributed by atoms with E-state index >= 15 is 0 Å². The summed E-state index contributed by atoms with van der Waals surface area (Å²) >= 11 is 5.84. The van der Waals surface area contributed by atoms with Crippen molar-refractivity contribution in [2.75, 3.05) is 6.61 Å². The summed E-state index contributed by atoms with van der Waals surface area (Å²) in [5.41, 5.74) is 1.28. The van der Waals surface area contributed by atoms with Gasteiger partial charge in [-0.2, -0.15) is 0 Å². The van der Waals surface area contributed by atoms with Gasteiger partial charge in [0.1, 0.15) is 11.6 Å². The Labute approximate surface area is 105 Å². The number of aromatic nitrogens is 2. The summed E-state index contributed by atoms with van der Waals surface area (Å²) in [5.74, 6) is 2.76. The lowest BCUT2D eigenvalue weighted by Gasteiger charge is -2.11. The number of ether oxygens (including phenoxy) is 1. The number of benzene rings is 1. The maximum Gasteiger partial charge on any atom is 0.123 e. The van der Waals surface area contributed by atoms with Gasteiger partial charge >= 0.3 is 0 Å². The summed E-state index contributed by atoms with van der Waals surface area (Å²) in [6.45, 7) is 1.61. The van der Waals surface area contributed by atoms with Crippen LogP contribution in [0, 0.1) is 0 Å². The number of para-hydroxylation sites is 1. The third-order valence-corrected chi connectivity index (χ3v) is 3.38. The van der Waals surface area contributed by atoms with Gasteiger partial charge in [-0.05, 0) is 6.07 Å². The first kappa shape index (κ1) is 10.7. The fraction of sp³-hybridized carbons (Fsp3) is 0.308. The summed E-state index contributed by atoms with van der Waals surface area (Å²) in [4.78, 5) is 4.22. The molecule has 1 aliphatic rings. The lowest BCUT2D eigenvalue weighted by atomic mass is 10.0. The number of alkyl halides is 1. The minimum atomic E-state index is 0.391. The SMILES string of the molecule is ClCc1nccn1CC1COc2ccccc21. The Morgan fingerprint density at radius 1 is 1.41 bits per heavy atom. The Morgan fingerprint density at radius 3 is 3.18 bits per heavy atom. The molecule has 88 valence electrons. The molecule has 3 nitrogen and oxygen atoms in total. The van der Waals surface area contributed by atoms with Gasteiger partial charge in [0.25, 0.3) is 0 Å². The first-order valence-corrected chi connectivity index (χ1v) is 6.19. The first-order valence-electron chi connectivity index (χ1n) is 5.66. The summed E-state index contributed by atoms with van der Waals surface area (Å²) in [7, 11) is 0. The molecule has 0 amide bonds. The molecule has 2 heterocycles. The average molecular weight is 249 g/mol. The highest BCUT2D eigenvalue weighted by atomic mass is 35.5. The maximum absolute atomic E-state index is 5.84. The molecule has 0 radical (unpaired) electrons. The second kappa shape index (κ2) is 4.41. The lowest BCUT2D eigenvalue weighted by molar-refractivity contribution is 0.318. The number of imidazole rings is 1. The van der Waals surface area contributed by atoms with E-state index < -0.39 is 0 Å². The van der Waals surface area contributed by atoms with E-state index in [0.717, 1.165) is 24.7 Å². The van der Waals surface area contributed by atoms with Crippen LogP contribution in [-0.4, -0.2) is 16.2 Å². The van der Waals surface area contributed by atoms with Gasteiger partial charge in [-0.25, -0.2) is 4.98 Å². The minimum Gasteiger partial charge on any atom is -0.493 e. The molecule has 0 saturated carbocycles. The Balaban J connectivity index is 1.84. The van der Waals surface area contributed by atoms with Crippen LogP contribution in [0.2, 0.25) is 0 Å². The van der Waals surface area contributed by atoms with Crippen LogP contribution in [0.1, 0.15) is 17.3 Å². The summed E-state index contributed by atoms with van der Waals surface area (Å²) in [6, 6.07) is 8.20. The van der Waals surface area contributed by atoms with E-state index in [1.165, 1.54) is 5.56 Å². The fourth-order valence-corrected chi connectivity index (χ4v) is 2.48. The Morgan fingerprint density at radius 2 is 2.29 bits per heavy atom. The van der Waals surface area contributed by atoms with E-state index in [-0.39, 0.29) is 0 Å². The minimum absolute atomic E-state index is 0.391. The first-order chi connectivity index (χ1) is 8.38. The molecule has 1 aromatic heterocycles.